The number of carbonyl (C=O) groups excluding carboxylic acids is 1. The van der Waals surface area contributed by atoms with Gasteiger partial charge in [-0.25, -0.2) is 4.79 Å². The fourth-order valence-corrected chi connectivity index (χ4v) is 8.45. The minimum absolute atomic E-state index is 0.240. The molecule has 8 rings (SSSR count). The summed E-state index contributed by atoms with van der Waals surface area (Å²) >= 11 is 0. The number of benzene rings is 4. The van der Waals surface area contributed by atoms with Gasteiger partial charge in [-0.2, -0.15) is 4.98 Å². The summed E-state index contributed by atoms with van der Waals surface area (Å²) in [7, 11) is 0. The number of anilines is 3. The molecule has 2 aliphatic heterocycles. The van der Waals surface area contributed by atoms with Gasteiger partial charge in [0.15, 0.2) is 0 Å². The molecule has 56 heavy (non-hydrogen) atoms. The van der Waals surface area contributed by atoms with E-state index in [-0.39, 0.29) is 12.1 Å². The molecule has 0 bridgehead atoms. The fraction of sp³-hybridized carbons (Fsp3) is 0.362. The lowest BCUT2D eigenvalue weighted by molar-refractivity contribution is 0.000391. The Hall–Kier alpha value is -5.54. The van der Waals surface area contributed by atoms with Gasteiger partial charge in [0.1, 0.15) is 25.5 Å². The van der Waals surface area contributed by atoms with Gasteiger partial charge >= 0.3 is 6.09 Å². The first kappa shape index (κ1) is 37.4. The average Bonchev–Trinajstić information content (AvgIpc) is 3.24. The number of aromatic nitrogens is 1. The third-order valence-corrected chi connectivity index (χ3v) is 11.7. The van der Waals surface area contributed by atoms with Crippen LogP contribution in [0, 0.1) is 11.3 Å². The molecular weight excluding hydrogens is 699 g/mol. The minimum atomic E-state index is -0.298. The standard InChI is InChI=1S/C47H53N5O4/c53-46(56-35-39-14-8-3-9-15-39)49-41-30-47(31-41)24-28-51(29-25-47)32-36-22-26-52(27-23-36)42-18-16-40(17-19-42)48-43-20-21-44(54-33-37-10-4-1-5-11-37)50-45(43)55-34-38-12-6-2-7-13-38/h1-21,36,41,48H,22-35H2,(H,49,53). The molecule has 1 saturated carbocycles. The maximum Gasteiger partial charge on any atom is 0.407 e. The Morgan fingerprint density at radius 1 is 0.679 bits per heavy atom. The van der Waals surface area contributed by atoms with Gasteiger partial charge in [-0.1, -0.05) is 91.0 Å². The minimum Gasteiger partial charge on any atom is -0.473 e. The van der Waals surface area contributed by atoms with Crippen LogP contribution in [0.4, 0.5) is 21.9 Å². The van der Waals surface area contributed by atoms with E-state index in [0.29, 0.717) is 37.0 Å². The average molecular weight is 752 g/mol. The molecule has 290 valence electrons. The second-order valence-corrected chi connectivity index (χ2v) is 15.8. The lowest BCUT2D eigenvalue weighted by Crippen LogP contribution is -2.55. The smallest absolute Gasteiger partial charge is 0.407 e. The number of nitrogens with one attached hydrogen (secondary N) is 2. The van der Waals surface area contributed by atoms with Crippen LogP contribution in [0.5, 0.6) is 11.8 Å². The molecule has 0 radical (unpaired) electrons. The lowest BCUT2D eigenvalue weighted by atomic mass is 9.60. The fourth-order valence-electron chi connectivity index (χ4n) is 8.45. The van der Waals surface area contributed by atoms with E-state index in [2.05, 4.69) is 44.7 Å². The molecule has 1 amide bonds. The van der Waals surface area contributed by atoms with Gasteiger partial charge < -0.3 is 34.6 Å². The van der Waals surface area contributed by atoms with Gasteiger partial charge in [-0.05, 0) is 110 Å². The van der Waals surface area contributed by atoms with E-state index in [4.69, 9.17) is 19.2 Å². The van der Waals surface area contributed by atoms with Crippen molar-refractivity contribution >= 4 is 23.2 Å². The molecule has 9 nitrogen and oxygen atoms in total. The zero-order chi connectivity index (χ0) is 38.0. The normalized spacial score (nSPS) is 17.2. The molecule has 1 aromatic heterocycles. The van der Waals surface area contributed by atoms with E-state index < -0.39 is 0 Å². The van der Waals surface area contributed by atoms with E-state index in [1.54, 1.807) is 0 Å². The third kappa shape index (κ3) is 10.0. The molecule has 1 spiro atoms. The van der Waals surface area contributed by atoms with Crippen molar-refractivity contribution in [2.45, 2.75) is 64.4 Å². The van der Waals surface area contributed by atoms with Crippen LogP contribution in [0.2, 0.25) is 0 Å². The summed E-state index contributed by atoms with van der Waals surface area (Å²) in [5.74, 6) is 1.75. The third-order valence-electron chi connectivity index (χ3n) is 11.7. The molecule has 9 heteroatoms. The molecule has 4 aromatic carbocycles. The van der Waals surface area contributed by atoms with Crippen LogP contribution in [-0.2, 0) is 24.6 Å². The maximum absolute atomic E-state index is 12.3. The number of pyridine rings is 1. The van der Waals surface area contributed by atoms with Crippen molar-refractivity contribution in [3.05, 3.63) is 144 Å². The van der Waals surface area contributed by atoms with Crippen LogP contribution < -0.4 is 25.0 Å². The molecule has 3 fully saturated rings. The van der Waals surface area contributed by atoms with Gasteiger partial charge in [0.05, 0.1) is 0 Å². The van der Waals surface area contributed by atoms with Crippen LogP contribution in [0.1, 0.15) is 55.2 Å². The van der Waals surface area contributed by atoms with Crippen LogP contribution >= 0.6 is 0 Å². The molecule has 0 atom stereocenters. The van der Waals surface area contributed by atoms with Crippen LogP contribution in [0.3, 0.4) is 0 Å². The highest BCUT2D eigenvalue weighted by atomic mass is 16.5. The van der Waals surface area contributed by atoms with E-state index >= 15 is 0 Å². The summed E-state index contributed by atoms with van der Waals surface area (Å²) in [5, 5.41) is 6.63. The summed E-state index contributed by atoms with van der Waals surface area (Å²) in [4.78, 5) is 22.3. The number of likely N-dealkylation sites (tertiary alicyclic amines) is 1. The first-order valence-corrected chi connectivity index (χ1v) is 20.2. The first-order chi connectivity index (χ1) is 27.5. The Morgan fingerprint density at radius 3 is 1.89 bits per heavy atom. The Kier molecular flexibility index (Phi) is 12.0. The molecule has 0 unspecified atom stereocenters. The van der Waals surface area contributed by atoms with Crippen molar-refractivity contribution in [1.82, 2.24) is 15.2 Å². The summed E-state index contributed by atoms with van der Waals surface area (Å²) in [6.07, 6.45) is 6.73. The summed E-state index contributed by atoms with van der Waals surface area (Å²) in [6, 6.07) is 42.9. The van der Waals surface area contributed by atoms with Crippen molar-refractivity contribution < 1.29 is 19.0 Å². The van der Waals surface area contributed by atoms with Gasteiger partial charge in [-0.3, -0.25) is 0 Å². The predicted molar refractivity (Wildman–Crippen MR) is 221 cm³/mol. The highest BCUT2D eigenvalue weighted by Gasteiger charge is 2.46. The Morgan fingerprint density at radius 2 is 1.27 bits per heavy atom. The first-order valence-electron chi connectivity index (χ1n) is 20.2. The summed E-state index contributed by atoms with van der Waals surface area (Å²) < 4.78 is 17.7. The molecule has 1 aliphatic carbocycles. The highest BCUT2D eigenvalue weighted by Crippen LogP contribution is 2.49. The van der Waals surface area contributed by atoms with E-state index in [9.17, 15) is 4.79 Å². The van der Waals surface area contributed by atoms with Crippen LogP contribution in [0.15, 0.2) is 127 Å². The number of nitrogens with zero attached hydrogens (tertiary/aromatic N) is 3. The second kappa shape index (κ2) is 17.9. The van der Waals surface area contributed by atoms with E-state index in [1.165, 1.54) is 37.9 Å². The molecule has 5 aromatic rings. The molecule has 3 heterocycles. The Bertz CT molecular complexity index is 1970. The van der Waals surface area contributed by atoms with Gasteiger partial charge in [0.2, 0.25) is 11.8 Å². The van der Waals surface area contributed by atoms with Crippen LogP contribution in [0.25, 0.3) is 0 Å². The second-order valence-electron chi connectivity index (χ2n) is 15.8. The van der Waals surface area contributed by atoms with Gasteiger partial charge in [0.25, 0.3) is 0 Å². The number of hydrogen-bond donors (Lipinski definition) is 2. The number of rotatable bonds is 14. The maximum atomic E-state index is 12.3. The Labute approximate surface area is 331 Å². The van der Waals surface area contributed by atoms with Crippen molar-refractivity contribution in [3.63, 3.8) is 0 Å². The molecule has 3 aliphatic rings. The SMILES string of the molecule is O=C(NC1CC2(CCN(CC3CCN(c4ccc(Nc5ccc(OCc6ccccc6)nc5OCc5ccccc5)cc4)CC3)CC2)C1)OCc1ccccc1. The number of carbonyl (C=O) groups is 1. The highest BCUT2D eigenvalue weighted by molar-refractivity contribution is 5.68. The largest absolute Gasteiger partial charge is 0.473 e. The summed E-state index contributed by atoms with van der Waals surface area (Å²) in [6.45, 7) is 6.84. The zero-order valence-corrected chi connectivity index (χ0v) is 32.2. The molecule has 2 N–H and O–H groups in total. The van der Waals surface area contributed by atoms with Crippen molar-refractivity contribution in [1.29, 1.82) is 0 Å². The van der Waals surface area contributed by atoms with E-state index in [0.717, 1.165) is 73.0 Å². The van der Waals surface area contributed by atoms with Gasteiger partial charge in [-0.15, -0.1) is 0 Å². The number of piperidine rings is 2. The van der Waals surface area contributed by atoms with Crippen LogP contribution in [-0.4, -0.2) is 54.7 Å². The number of hydrogen-bond acceptors (Lipinski definition) is 8. The summed E-state index contributed by atoms with van der Waals surface area (Å²) in [5.41, 5.74) is 6.59. The topological polar surface area (TPSA) is 88.2 Å². The van der Waals surface area contributed by atoms with Crippen molar-refractivity contribution in [2.24, 2.45) is 11.3 Å². The van der Waals surface area contributed by atoms with E-state index in [1.807, 2.05) is 103 Å². The van der Waals surface area contributed by atoms with Crippen molar-refractivity contribution in [2.75, 3.05) is 42.9 Å². The number of alkyl carbamates (subject to hydrolysis) is 1. The molecular formula is C47H53N5O4. The number of ether oxygens (including phenoxy) is 3. The Balaban J connectivity index is 0.774. The van der Waals surface area contributed by atoms with Gasteiger partial charge in [0, 0.05) is 43.1 Å². The van der Waals surface area contributed by atoms with Crippen molar-refractivity contribution in [3.8, 4) is 11.8 Å². The molecule has 2 saturated heterocycles. The predicted octanol–water partition coefficient (Wildman–Crippen LogP) is 9.37. The monoisotopic (exact) mass is 751 g/mol. The number of amides is 1. The zero-order valence-electron chi connectivity index (χ0n) is 32.2. The quantitative estimate of drug-likeness (QED) is 0.116. The lowest BCUT2D eigenvalue weighted by Gasteiger charge is -2.52.